The molecule has 1 saturated heterocycles. The van der Waals surface area contributed by atoms with Crippen molar-refractivity contribution in [3.8, 4) is 0 Å². The highest BCUT2D eigenvalue weighted by atomic mass is 16.2. The number of nitrogens with zero attached hydrogens (tertiary/aromatic N) is 2. The van der Waals surface area contributed by atoms with E-state index in [1.54, 1.807) is 6.92 Å². The van der Waals surface area contributed by atoms with Crippen molar-refractivity contribution in [3.63, 3.8) is 0 Å². The molecule has 2 aliphatic heterocycles. The lowest BCUT2D eigenvalue weighted by molar-refractivity contribution is -0.126. The summed E-state index contributed by atoms with van der Waals surface area (Å²) in [5.74, 6) is -1.54. The van der Waals surface area contributed by atoms with E-state index in [0.29, 0.717) is 17.8 Å². The van der Waals surface area contributed by atoms with Crippen LogP contribution in [0, 0.1) is 13.8 Å². The van der Waals surface area contributed by atoms with Crippen LogP contribution in [0.2, 0.25) is 0 Å². The van der Waals surface area contributed by atoms with E-state index >= 15 is 0 Å². The van der Waals surface area contributed by atoms with E-state index < -0.39 is 11.9 Å². The van der Waals surface area contributed by atoms with Crippen LogP contribution in [0.3, 0.4) is 0 Å². The van der Waals surface area contributed by atoms with Crippen LogP contribution in [0.15, 0.2) is 36.4 Å². The molecule has 1 fully saturated rings. The fraction of sp³-hybridized carbons (Fsp3) is 0.406. The zero-order valence-electron chi connectivity index (χ0n) is 24.3. The van der Waals surface area contributed by atoms with E-state index in [9.17, 15) is 24.0 Å². The Labute approximate surface area is 235 Å². The summed E-state index contributed by atoms with van der Waals surface area (Å²) in [6.45, 7) is 13.6. The molecular formula is C32H37N3O5. The van der Waals surface area contributed by atoms with E-state index in [0.717, 1.165) is 33.4 Å². The summed E-state index contributed by atoms with van der Waals surface area (Å²) in [5.41, 5.74) is 6.76. The smallest absolute Gasteiger partial charge is 0.258 e. The zero-order chi connectivity index (χ0) is 29.5. The van der Waals surface area contributed by atoms with Gasteiger partial charge in [-0.15, -0.1) is 0 Å². The van der Waals surface area contributed by atoms with Gasteiger partial charge >= 0.3 is 0 Å². The second-order valence-electron chi connectivity index (χ2n) is 11.3. The van der Waals surface area contributed by atoms with E-state index in [2.05, 4.69) is 11.4 Å². The van der Waals surface area contributed by atoms with Crippen molar-refractivity contribution in [2.45, 2.75) is 85.6 Å². The summed E-state index contributed by atoms with van der Waals surface area (Å²) in [6, 6.07) is 7.25. The van der Waals surface area contributed by atoms with Gasteiger partial charge in [-0.05, 0) is 65.5 Å². The zero-order valence-corrected chi connectivity index (χ0v) is 24.3. The second-order valence-corrected chi connectivity index (χ2v) is 11.3. The third-order valence-electron chi connectivity index (χ3n) is 7.49. The van der Waals surface area contributed by atoms with Gasteiger partial charge in [-0.1, -0.05) is 58.9 Å². The highest BCUT2D eigenvalue weighted by molar-refractivity contribution is 6.28. The number of aryl methyl sites for hydroxylation is 2. The number of nitrogens with one attached hydrogen (secondary N) is 1. The predicted molar refractivity (Wildman–Crippen MR) is 154 cm³/mol. The van der Waals surface area contributed by atoms with E-state index in [-0.39, 0.29) is 48.3 Å². The lowest BCUT2D eigenvalue weighted by atomic mass is 9.89. The molecule has 210 valence electrons. The fourth-order valence-corrected chi connectivity index (χ4v) is 5.60. The van der Waals surface area contributed by atoms with Crippen molar-refractivity contribution in [2.75, 3.05) is 9.80 Å². The summed E-state index contributed by atoms with van der Waals surface area (Å²) in [4.78, 5) is 65.5. The van der Waals surface area contributed by atoms with Gasteiger partial charge in [-0.3, -0.25) is 24.0 Å². The predicted octanol–water partition coefficient (Wildman–Crippen LogP) is 4.73. The van der Waals surface area contributed by atoms with Crippen LogP contribution in [0.25, 0.3) is 0 Å². The molecule has 1 atom stereocenters. The molecule has 8 nitrogen and oxygen atoms in total. The van der Waals surface area contributed by atoms with Gasteiger partial charge in [-0.25, -0.2) is 9.80 Å². The number of carbonyl (C=O) groups excluding carboxylic acids is 5. The molecule has 2 aliphatic rings. The Hall–Kier alpha value is -4.07. The minimum atomic E-state index is -0.848. The largest absolute Gasteiger partial charge is 0.344 e. The Balaban J connectivity index is 1.71. The van der Waals surface area contributed by atoms with Crippen molar-refractivity contribution < 1.29 is 24.0 Å². The van der Waals surface area contributed by atoms with Gasteiger partial charge in [0.25, 0.3) is 17.7 Å². The first kappa shape index (κ1) is 28.9. The summed E-state index contributed by atoms with van der Waals surface area (Å²) in [6.07, 6.45) is 3.38. The quantitative estimate of drug-likeness (QED) is 0.485. The molecule has 0 bridgehead atoms. The number of rotatable bonds is 8. The minimum Gasteiger partial charge on any atom is -0.344 e. The van der Waals surface area contributed by atoms with Crippen LogP contribution < -0.4 is 15.1 Å². The average molecular weight is 544 g/mol. The molecule has 0 spiro atoms. The van der Waals surface area contributed by atoms with E-state index in [1.165, 1.54) is 22.0 Å². The summed E-state index contributed by atoms with van der Waals surface area (Å²) in [7, 11) is 0. The van der Waals surface area contributed by atoms with Gasteiger partial charge in [0, 0.05) is 18.6 Å². The molecule has 4 rings (SSSR count). The SMILES string of the molecule is CCC(=O)NC1CC(=O)N(c2c(C)cc(Cc3cc(C)c(N4C(=O)C=CC4=O)c(C(C)C)c3)cc2C(C)C)C1=O. The number of hydrogen-bond donors (Lipinski definition) is 1. The van der Waals surface area contributed by atoms with Crippen LogP contribution in [0.5, 0.6) is 0 Å². The molecule has 0 aromatic heterocycles. The van der Waals surface area contributed by atoms with E-state index in [1.807, 2.05) is 59.7 Å². The first-order chi connectivity index (χ1) is 18.8. The Kier molecular flexibility index (Phi) is 8.10. The molecule has 5 amide bonds. The number of carbonyl (C=O) groups is 5. The second kappa shape index (κ2) is 11.2. The summed E-state index contributed by atoms with van der Waals surface area (Å²) >= 11 is 0. The molecule has 0 saturated carbocycles. The average Bonchev–Trinajstić information content (AvgIpc) is 3.34. The van der Waals surface area contributed by atoms with Crippen LogP contribution in [-0.4, -0.2) is 35.6 Å². The molecule has 1 N–H and O–H groups in total. The number of imide groups is 2. The third-order valence-corrected chi connectivity index (χ3v) is 7.49. The van der Waals surface area contributed by atoms with Crippen molar-refractivity contribution in [3.05, 3.63) is 69.8 Å². The van der Waals surface area contributed by atoms with Crippen LogP contribution >= 0.6 is 0 Å². The molecule has 8 heteroatoms. The summed E-state index contributed by atoms with van der Waals surface area (Å²) < 4.78 is 0. The van der Waals surface area contributed by atoms with Crippen molar-refractivity contribution >= 4 is 40.9 Å². The molecule has 2 aromatic carbocycles. The standard InChI is InChI=1S/C32H37N3O5/c1-8-26(36)33-25-16-29(39)35(32(25)40)31-20(7)12-22(15-24(31)18(4)5)13-21-11-19(6)30(23(14-21)17(2)3)34-27(37)9-10-28(34)38/h9-12,14-15,17-18,25H,8,13,16H2,1-7H3,(H,33,36). The van der Waals surface area contributed by atoms with Gasteiger partial charge in [0.1, 0.15) is 6.04 Å². The summed E-state index contributed by atoms with van der Waals surface area (Å²) in [5, 5.41) is 2.67. The maximum atomic E-state index is 13.2. The number of benzene rings is 2. The Morgan fingerprint density at radius 2 is 1.30 bits per heavy atom. The number of hydrogen-bond acceptors (Lipinski definition) is 5. The van der Waals surface area contributed by atoms with Crippen molar-refractivity contribution in [1.29, 1.82) is 0 Å². The van der Waals surface area contributed by atoms with Gasteiger partial charge in [0.2, 0.25) is 11.8 Å². The van der Waals surface area contributed by atoms with E-state index in [4.69, 9.17) is 0 Å². The third kappa shape index (κ3) is 5.35. The molecular weight excluding hydrogens is 506 g/mol. The van der Waals surface area contributed by atoms with Gasteiger partial charge in [0.15, 0.2) is 0 Å². The van der Waals surface area contributed by atoms with Crippen molar-refractivity contribution in [1.82, 2.24) is 5.32 Å². The molecule has 0 radical (unpaired) electrons. The highest BCUT2D eigenvalue weighted by Crippen LogP contribution is 2.38. The topological polar surface area (TPSA) is 104 Å². The maximum absolute atomic E-state index is 13.2. The Bertz CT molecular complexity index is 1430. The first-order valence-corrected chi connectivity index (χ1v) is 13.8. The lowest BCUT2D eigenvalue weighted by Gasteiger charge is -2.25. The number of amides is 5. The highest BCUT2D eigenvalue weighted by Gasteiger charge is 2.42. The van der Waals surface area contributed by atoms with Crippen LogP contribution in [-0.2, 0) is 30.4 Å². The molecule has 1 unspecified atom stereocenters. The molecule has 0 aliphatic carbocycles. The molecule has 40 heavy (non-hydrogen) atoms. The van der Waals surface area contributed by atoms with Crippen molar-refractivity contribution in [2.24, 2.45) is 0 Å². The minimum absolute atomic E-state index is 0.0357. The molecule has 2 heterocycles. The molecule has 2 aromatic rings. The van der Waals surface area contributed by atoms with Gasteiger partial charge < -0.3 is 5.32 Å². The lowest BCUT2D eigenvalue weighted by Crippen LogP contribution is -2.42. The van der Waals surface area contributed by atoms with Gasteiger partial charge in [0.05, 0.1) is 17.8 Å². The fourth-order valence-electron chi connectivity index (χ4n) is 5.60. The Morgan fingerprint density at radius 1 is 0.825 bits per heavy atom. The first-order valence-electron chi connectivity index (χ1n) is 13.8. The Morgan fingerprint density at radius 3 is 1.75 bits per heavy atom. The van der Waals surface area contributed by atoms with Gasteiger partial charge in [-0.2, -0.15) is 0 Å². The van der Waals surface area contributed by atoms with Crippen LogP contribution in [0.1, 0.15) is 92.7 Å². The monoisotopic (exact) mass is 543 g/mol. The van der Waals surface area contributed by atoms with Crippen LogP contribution in [0.4, 0.5) is 11.4 Å². The number of anilines is 2. The maximum Gasteiger partial charge on any atom is 0.258 e. The normalized spacial score (nSPS) is 17.3.